The van der Waals surface area contributed by atoms with Crippen molar-refractivity contribution < 1.29 is 0 Å². The third-order valence-electron chi connectivity index (χ3n) is 3.09. The van der Waals surface area contributed by atoms with E-state index in [1.54, 1.807) is 0 Å². The van der Waals surface area contributed by atoms with Crippen molar-refractivity contribution in [2.75, 3.05) is 13.7 Å². The molecule has 1 N–H and O–H groups in total. The van der Waals surface area contributed by atoms with Gasteiger partial charge in [-0.2, -0.15) is 0 Å². The Labute approximate surface area is 81.2 Å². The number of nitrogens with zero attached hydrogens (tertiary/aromatic N) is 1. The average Bonchev–Trinajstić information content (AvgIpc) is 2.12. The lowest BCUT2D eigenvalue weighted by Crippen LogP contribution is -2.08. The number of allylic oxidation sites excluding steroid dienone is 4. The zero-order valence-corrected chi connectivity index (χ0v) is 10.3. The van der Waals surface area contributed by atoms with Crippen molar-refractivity contribution in [2.45, 2.75) is 27.7 Å². The highest BCUT2D eigenvalue weighted by molar-refractivity contribution is 7.67. The van der Waals surface area contributed by atoms with Gasteiger partial charge in [0.25, 0.3) is 0 Å². The molecule has 0 amide bonds. The van der Waals surface area contributed by atoms with Crippen LogP contribution in [-0.4, -0.2) is 13.7 Å². The normalized spacial score (nSPS) is 29.4. The fourth-order valence-corrected chi connectivity index (χ4v) is 3.69. The van der Waals surface area contributed by atoms with Crippen LogP contribution in [-0.2, 0) is 0 Å². The molecule has 0 aromatic carbocycles. The van der Waals surface area contributed by atoms with Crippen LogP contribution >= 0.6 is 7.21 Å². The largest absolute Gasteiger partial charge is 0.283 e. The zero-order valence-electron chi connectivity index (χ0n) is 9.39. The summed E-state index contributed by atoms with van der Waals surface area (Å²) in [6, 6.07) is 0. The molecule has 1 rings (SSSR count). The highest BCUT2D eigenvalue weighted by Crippen LogP contribution is 2.55. The quantitative estimate of drug-likeness (QED) is 0.640. The van der Waals surface area contributed by atoms with E-state index in [0.29, 0.717) is 0 Å². The molecule has 0 saturated carbocycles. The number of hydrogen-bond donors (Lipinski definition) is 1. The van der Waals surface area contributed by atoms with Crippen LogP contribution in [0.2, 0.25) is 0 Å². The van der Waals surface area contributed by atoms with Gasteiger partial charge in [0.15, 0.2) is 0 Å². The first-order valence-corrected chi connectivity index (χ1v) is 6.76. The summed E-state index contributed by atoms with van der Waals surface area (Å²) in [6.07, 6.45) is 0. The Kier molecular flexibility index (Phi) is 2.84. The Morgan fingerprint density at radius 1 is 1.08 bits per heavy atom. The lowest BCUT2D eigenvalue weighted by Gasteiger charge is -2.27. The van der Waals surface area contributed by atoms with Gasteiger partial charge in [-0.3, -0.25) is 9.83 Å². The van der Waals surface area contributed by atoms with E-state index in [9.17, 15) is 0 Å². The highest BCUT2D eigenvalue weighted by Gasteiger charge is 2.20. The van der Waals surface area contributed by atoms with Crippen LogP contribution in [0.5, 0.6) is 0 Å². The standard InChI is InChI=1S/C10H19N2P/c1-7-8(2)10(4)13(6,11-5)12-9(7)3/h11H,1-6H3. The third-order valence-corrected chi connectivity index (χ3v) is 6.30. The second-order valence-corrected chi connectivity index (χ2v) is 6.94. The zero-order chi connectivity index (χ0) is 10.2. The van der Waals surface area contributed by atoms with E-state index in [1.165, 1.54) is 22.2 Å². The lowest BCUT2D eigenvalue weighted by molar-refractivity contribution is 1.12. The van der Waals surface area contributed by atoms with E-state index < -0.39 is 7.21 Å². The summed E-state index contributed by atoms with van der Waals surface area (Å²) in [5.41, 5.74) is 3.94. The SMILES string of the molecule is CNP1(C)=NC(C)=C(C)C(C)=C1C. The molecule has 3 heteroatoms. The van der Waals surface area contributed by atoms with Crippen molar-refractivity contribution in [1.29, 1.82) is 0 Å². The molecular formula is C10H19N2P. The van der Waals surface area contributed by atoms with Crippen molar-refractivity contribution in [1.82, 2.24) is 5.09 Å². The van der Waals surface area contributed by atoms with Crippen molar-refractivity contribution in [3.63, 3.8) is 0 Å². The van der Waals surface area contributed by atoms with Crippen molar-refractivity contribution >= 4 is 7.21 Å². The van der Waals surface area contributed by atoms with E-state index in [0.717, 1.165) is 0 Å². The summed E-state index contributed by atoms with van der Waals surface area (Å²) in [7, 11) is 0.614. The fraction of sp³-hybridized carbons (Fsp3) is 0.600. The van der Waals surface area contributed by atoms with E-state index in [1.807, 2.05) is 7.05 Å². The summed E-state index contributed by atoms with van der Waals surface area (Å²) >= 11 is 0. The monoisotopic (exact) mass is 198 g/mol. The molecule has 1 aliphatic heterocycles. The summed E-state index contributed by atoms with van der Waals surface area (Å²) in [5, 5.41) is 4.79. The fourth-order valence-electron chi connectivity index (χ4n) is 1.54. The van der Waals surface area contributed by atoms with E-state index in [2.05, 4.69) is 39.4 Å². The van der Waals surface area contributed by atoms with Crippen LogP contribution in [0, 0.1) is 0 Å². The van der Waals surface area contributed by atoms with Gasteiger partial charge in [-0.15, -0.1) is 0 Å². The van der Waals surface area contributed by atoms with Gasteiger partial charge in [-0.1, -0.05) is 0 Å². The molecule has 74 valence electrons. The van der Waals surface area contributed by atoms with Crippen LogP contribution in [0.3, 0.4) is 0 Å². The molecule has 1 aliphatic rings. The van der Waals surface area contributed by atoms with Gasteiger partial charge in [-0.25, -0.2) is 0 Å². The first-order valence-electron chi connectivity index (χ1n) is 4.57. The first-order chi connectivity index (χ1) is 5.92. The van der Waals surface area contributed by atoms with Crippen molar-refractivity contribution in [2.24, 2.45) is 4.74 Å². The molecule has 0 aromatic rings. The maximum atomic E-state index is 4.77. The predicted molar refractivity (Wildman–Crippen MR) is 61.1 cm³/mol. The van der Waals surface area contributed by atoms with E-state index in [-0.39, 0.29) is 0 Å². The second-order valence-electron chi connectivity index (χ2n) is 3.70. The van der Waals surface area contributed by atoms with Crippen LogP contribution < -0.4 is 5.09 Å². The first kappa shape index (κ1) is 10.7. The second kappa shape index (κ2) is 3.43. The molecule has 2 nitrogen and oxygen atoms in total. The van der Waals surface area contributed by atoms with Gasteiger partial charge in [-0.05, 0) is 57.9 Å². The van der Waals surface area contributed by atoms with Crippen LogP contribution in [0.1, 0.15) is 27.7 Å². The van der Waals surface area contributed by atoms with Gasteiger partial charge in [0, 0.05) is 5.70 Å². The van der Waals surface area contributed by atoms with Crippen LogP contribution in [0.15, 0.2) is 26.9 Å². The van der Waals surface area contributed by atoms with Gasteiger partial charge in [0.05, 0.1) is 7.21 Å². The molecule has 0 fully saturated rings. The summed E-state index contributed by atoms with van der Waals surface area (Å²) in [5.74, 6) is 0. The maximum Gasteiger partial charge on any atom is 0.0567 e. The number of hydrogen-bond acceptors (Lipinski definition) is 2. The molecule has 0 aromatic heterocycles. The molecule has 0 spiro atoms. The Morgan fingerprint density at radius 3 is 2.08 bits per heavy atom. The van der Waals surface area contributed by atoms with Gasteiger partial charge in [0.1, 0.15) is 0 Å². The van der Waals surface area contributed by atoms with Crippen LogP contribution in [0.25, 0.3) is 0 Å². The minimum atomic E-state index is -1.39. The molecule has 13 heavy (non-hydrogen) atoms. The van der Waals surface area contributed by atoms with Crippen LogP contribution in [0.4, 0.5) is 0 Å². The maximum absolute atomic E-state index is 4.77. The molecule has 0 aliphatic carbocycles. The van der Waals surface area contributed by atoms with E-state index >= 15 is 0 Å². The summed E-state index contributed by atoms with van der Waals surface area (Å²) in [6.45, 7) is 10.9. The number of rotatable bonds is 1. The molecule has 1 atom stereocenters. The Balaban J connectivity index is 3.42. The molecule has 0 bridgehead atoms. The summed E-state index contributed by atoms with van der Waals surface area (Å²) < 4.78 is 4.77. The molecule has 1 heterocycles. The Bertz CT molecular complexity index is 348. The molecule has 0 saturated heterocycles. The highest BCUT2D eigenvalue weighted by atomic mass is 31.2. The van der Waals surface area contributed by atoms with Gasteiger partial charge >= 0.3 is 0 Å². The minimum absolute atomic E-state index is 1.19. The predicted octanol–water partition coefficient (Wildman–Crippen LogP) is 3.55. The Morgan fingerprint density at radius 2 is 1.62 bits per heavy atom. The van der Waals surface area contributed by atoms with E-state index in [4.69, 9.17) is 4.74 Å². The molecular weight excluding hydrogens is 179 g/mol. The molecule has 0 radical (unpaired) electrons. The lowest BCUT2D eigenvalue weighted by atomic mass is 10.1. The number of nitrogens with one attached hydrogen (secondary N) is 1. The van der Waals surface area contributed by atoms with Gasteiger partial charge < -0.3 is 0 Å². The third kappa shape index (κ3) is 1.66. The van der Waals surface area contributed by atoms with Crippen molar-refractivity contribution in [3.8, 4) is 0 Å². The van der Waals surface area contributed by atoms with Crippen molar-refractivity contribution in [3.05, 3.63) is 22.2 Å². The summed E-state index contributed by atoms with van der Waals surface area (Å²) in [4.78, 5) is 0. The topological polar surface area (TPSA) is 24.4 Å². The smallest absolute Gasteiger partial charge is 0.0567 e. The minimum Gasteiger partial charge on any atom is -0.283 e. The Hall–Kier alpha value is -0.330. The molecule has 1 unspecified atom stereocenters. The van der Waals surface area contributed by atoms with Gasteiger partial charge in [0.2, 0.25) is 0 Å². The average molecular weight is 198 g/mol.